The van der Waals surface area contributed by atoms with Crippen molar-refractivity contribution >= 4 is 23.7 Å². The number of nitro groups is 1. The van der Waals surface area contributed by atoms with Gasteiger partial charge in [0.25, 0.3) is 5.69 Å². The van der Waals surface area contributed by atoms with E-state index in [0.717, 1.165) is 0 Å². The topological polar surface area (TPSA) is 155 Å². The summed E-state index contributed by atoms with van der Waals surface area (Å²) in [6.07, 6.45) is 0.465. The SMILES string of the molecule is COC(=O)C1=C(C)NC(C)=C(C(=O)OC)C1c1ccc(CCOCCCNC(=O)OC(C)(C)C)cc1[N+](=O)[O-]. The van der Waals surface area contributed by atoms with Gasteiger partial charge < -0.3 is 29.6 Å². The summed E-state index contributed by atoms with van der Waals surface area (Å²) in [7, 11) is 2.40. The van der Waals surface area contributed by atoms with Gasteiger partial charge in [-0.25, -0.2) is 14.4 Å². The molecule has 0 fully saturated rings. The zero-order chi connectivity index (χ0) is 29.3. The Morgan fingerprint density at radius 1 is 1.03 bits per heavy atom. The Hall–Kier alpha value is -3.93. The number of carbonyl (C=O) groups excluding carboxylic acids is 3. The number of carbonyl (C=O) groups is 3. The molecule has 1 aliphatic heterocycles. The third kappa shape index (κ3) is 8.54. The number of allylic oxidation sites excluding steroid dienone is 2. The molecule has 0 saturated heterocycles. The maximum atomic E-state index is 12.7. The van der Waals surface area contributed by atoms with Crippen LogP contribution < -0.4 is 10.6 Å². The van der Waals surface area contributed by atoms with Gasteiger partial charge in [-0.15, -0.1) is 0 Å². The van der Waals surface area contributed by atoms with Crippen LogP contribution in [0, 0.1) is 10.1 Å². The van der Waals surface area contributed by atoms with Crippen molar-refractivity contribution in [3.8, 4) is 0 Å². The minimum Gasteiger partial charge on any atom is -0.466 e. The molecular formula is C27H37N3O9. The van der Waals surface area contributed by atoms with E-state index in [-0.39, 0.29) is 22.4 Å². The molecule has 214 valence electrons. The van der Waals surface area contributed by atoms with Crippen LogP contribution in [-0.2, 0) is 35.0 Å². The number of dihydropyridines is 1. The van der Waals surface area contributed by atoms with Gasteiger partial charge in [-0.2, -0.15) is 0 Å². The molecule has 0 aliphatic carbocycles. The third-order valence-corrected chi connectivity index (χ3v) is 5.84. The highest BCUT2D eigenvalue weighted by atomic mass is 16.6. The molecule has 39 heavy (non-hydrogen) atoms. The lowest BCUT2D eigenvalue weighted by Crippen LogP contribution is -2.33. The summed E-state index contributed by atoms with van der Waals surface area (Å²) in [5.74, 6) is -2.49. The fourth-order valence-electron chi connectivity index (χ4n) is 4.18. The van der Waals surface area contributed by atoms with Gasteiger partial charge in [0.15, 0.2) is 0 Å². The highest BCUT2D eigenvalue weighted by Crippen LogP contribution is 2.42. The molecule has 1 aromatic carbocycles. The van der Waals surface area contributed by atoms with E-state index in [1.807, 2.05) is 0 Å². The highest BCUT2D eigenvalue weighted by molar-refractivity contribution is 6.00. The van der Waals surface area contributed by atoms with Crippen LogP contribution in [0.3, 0.4) is 0 Å². The number of ether oxygens (including phenoxy) is 4. The molecular weight excluding hydrogens is 510 g/mol. The van der Waals surface area contributed by atoms with Crippen LogP contribution in [-0.4, -0.2) is 62.5 Å². The molecule has 1 heterocycles. The number of rotatable bonds is 11. The van der Waals surface area contributed by atoms with Crippen LogP contribution in [0.15, 0.2) is 40.7 Å². The number of alkyl carbamates (subject to hydrolysis) is 1. The molecule has 0 aromatic heterocycles. The summed E-state index contributed by atoms with van der Waals surface area (Å²) in [4.78, 5) is 48.6. The summed E-state index contributed by atoms with van der Waals surface area (Å²) in [5.41, 5.74) is 1.01. The van der Waals surface area contributed by atoms with Crippen LogP contribution >= 0.6 is 0 Å². The van der Waals surface area contributed by atoms with E-state index in [1.165, 1.54) is 20.3 Å². The zero-order valence-electron chi connectivity index (χ0n) is 23.5. The van der Waals surface area contributed by atoms with Crippen molar-refractivity contribution in [2.24, 2.45) is 0 Å². The van der Waals surface area contributed by atoms with Gasteiger partial charge in [-0.1, -0.05) is 12.1 Å². The molecule has 2 rings (SSSR count). The van der Waals surface area contributed by atoms with Crippen LogP contribution in [0.2, 0.25) is 0 Å². The molecule has 0 unspecified atom stereocenters. The molecule has 12 heteroatoms. The number of hydrogen-bond acceptors (Lipinski definition) is 10. The van der Waals surface area contributed by atoms with Crippen molar-refractivity contribution in [2.75, 3.05) is 34.0 Å². The number of nitro benzene ring substituents is 1. The smallest absolute Gasteiger partial charge is 0.407 e. The van der Waals surface area contributed by atoms with Gasteiger partial charge in [-0.05, 0) is 53.0 Å². The molecule has 1 amide bonds. The fraction of sp³-hybridized carbons (Fsp3) is 0.519. The predicted molar refractivity (Wildman–Crippen MR) is 142 cm³/mol. The number of hydrogen-bond donors (Lipinski definition) is 2. The standard InChI is InChI=1S/C27H37N3O9/c1-16-21(24(31)36-6)23(22(17(2)29-16)25(32)37-7)19-10-9-18(15-20(19)30(34)35)11-14-38-13-8-12-28-26(33)39-27(3,4)5/h9-10,15,23,29H,8,11-14H2,1-7H3,(H,28,33). The third-order valence-electron chi connectivity index (χ3n) is 5.84. The van der Waals surface area contributed by atoms with Gasteiger partial charge in [0, 0.05) is 36.2 Å². The van der Waals surface area contributed by atoms with E-state index in [9.17, 15) is 24.5 Å². The lowest BCUT2D eigenvalue weighted by molar-refractivity contribution is -0.385. The Morgan fingerprint density at radius 2 is 1.62 bits per heavy atom. The summed E-state index contributed by atoms with van der Waals surface area (Å²) < 4.78 is 20.6. The van der Waals surface area contributed by atoms with E-state index in [2.05, 4.69) is 10.6 Å². The van der Waals surface area contributed by atoms with Crippen LogP contribution in [0.4, 0.5) is 10.5 Å². The number of methoxy groups -OCH3 is 2. The van der Waals surface area contributed by atoms with E-state index >= 15 is 0 Å². The number of nitrogens with zero attached hydrogens (tertiary/aromatic N) is 1. The van der Waals surface area contributed by atoms with Gasteiger partial charge in [0.2, 0.25) is 0 Å². The van der Waals surface area contributed by atoms with Gasteiger partial charge in [0.1, 0.15) is 5.60 Å². The van der Waals surface area contributed by atoms with Gasteiger partial charge in [0.05, 0.1) is 42.8 Å². The van der Waals surface area contributed by atoms with Crippen molar-refractivity contribution in [1.29, 1.82) is 0 Å². The monoisotopic (exact) mass is 547 g/mol. The second-order valence-corrected chi connectivity index (χ2v) is 9.91. The first-order chi connectivity index (χ1) is 18.3. The van der Waals surface area contributed by atoms with E-state index in [4.69, 9.17) is 18.9 Å². The molecule has 0 radical (unpaired) electrons. The molecule has 1 aliphatic rings. The average molecular weight is 548 g/mol. The van der Waals surface area contributed by atoms with E-state index < -0.39 is 34.5 Å². The van der Waals surface area contributed by atoms with Crippen molar-refractivity contribution < 1.29 is 38.3 Å². The highest BCUT2D eigenvalue weighted by Gasteiger charge is 2.40. The minimum absolute atomic E-state index is 0.0858. The first kappa shape index (κ1) is 31.3. The van der Waals surface area contributed by atoms with Crippen molar-refractivity contribution in [3.05, 3.63) is 62.0 Å². The summed E-state index contributed by atoms with van der Waals surface area (Å²) >= 11 is 0. The first-order valence-corrected chi connectivity index (χ1v) is 12.5. The van der Waals surface area contributed by atoms with Crippen LogP contribution in [0.25, 0.3) is 0 Å². The molecule has 0 saturated carbocycles. The second kappa shape index (κ2) is 13.7. The first-order valence-electron chi connectivity index (χ1n) is 12.5. The summed E-state index contributed by atoms with van der Waals surface area (Å²) in [5, 5.41) is 17.7. The number of esters is 2. The quantitative estimate of drug-likeness (QED) is 0.138. The predicted octanol–water partition coefficient (Wildman–Crippen LogP) is 3.65. The normalized spacial score (nSPS) is 14.0. The van der Waals surface area contributed by atoms with Crippen molar-refractivity contribution in [2.45, 2.75) is 59.0 Å². The maximum Gasteiger partial charge on any atom is 0.407 e. The molecule has 12 nitrogen and oxygen atoms in total. The Balaban J connectivity index is 2.17. The average Bonchev–Trinajstić information content (AvgIpc) is 2.85. The second-order valence-electron chi connectivity index (χ2n) is 9.91. The zero-order valence-corrected chi connectivity index (χ0v) is 23.5. The molecule has 1 aromatic rings. The lowest BCUT2D eigenvalue weighted by Gasteiger charge is -2.29. The summed E-state index contributed by atoms with van der Waals surface area (Å²) in [6.45, 7) is 9.68. The Labute approximate surface area is 227 Å². The minimum atomic E-state index is -1.06. The van der Waals surface area contributed by atoms with Crippen LogP contribution in [0.1, 0.15) is 58.1 Å². The van der Waals surface area contributed by atoms with E-state index in [0.29, 0.717) is 49.6 Å². The van der Waals surface area contributed by atoms with Crippen molar-refractivity contribution in [3.63, 3.8) is 0 Å². The van der Waals surface area contributed by atoms with Crippen molar-refractivity contribution in [1.82, 2.24) is 10.6 Å². The maximum absolute atomic E-state index is 12.7. The lowest BCUT2D eigenvalue weighted by atomic mass is 9.79. The molecule has 2 N–H and O–H groups in total. The van der Waals surface area contributed by atoms with Crippen LogP contribution in [0.5, 0.6) is 0 Å². The van der Waals surface area contributed by atoms with E-state index in [1.54, 1.807) is 46.8 Å². The summed E-state index contributed by atoms with van der Waals surface area (Å²) in [6, 6.07) is 4.66. The number of nitrogens with one attached hydrogen (secondary N) is 2. The van der Waals surface area contributed by atoms with Gasteiger partial charge >= 0.3 is 18.0 Å². The van der Waals surface area contributed by atoms with Gasteiger partial charge in [-0.3, -0.25) is 10.1 Å². The number of benzene rings is 1. The molecule has 0 atom stereocenters. The Bertz CT molecular complexity index is 1130. The fourth-order valence-corrected chi connectivity index (χ4v) is 4.18. The number of amides is 1. The largest absolute Gasteiger partial charge is 0.466 e. The Kier molecular flexibility index (Phi) is 11.0. The Morgan fingerprint density at radius 3 is 2.13 bits per heavy atom. The molecule has 0 spiro atoms. The molecule has 0 bridgehead atoms.